The lowest BCUT2D eigenvalue weighted by molar-refractivity contribution is -0.147. The van der Waals surface area contributed by atoms with Crippen molar-refractivity contribution in [2.75, 3.05) is 6.54 Å². The van der Waals surface area contributed by atoms with Crippen LogP contribution in [-0.2, 0) is 25.7 Å². The maximum absolute atomic E-state index is 14.7. The Bertz CT molecular complexity index is 1320. The largest absolute Gasteiger partial charge is 0.449 e. The molecule has 0 fully saturated rings. The molecule has 0 aliphatic carbocycles. The Morgan fingerprint density at radius 2 is 1.89 bits per heavy atom. The van der Waals surface area contributed by atoms with Gasteiger partial charge in [0.1, 0.15) is 10.4 Å². The van der Waals surface area contributed by atoms with Crippen LogP contribution >= 0.6 is 15.9 Å². The molecule has 190 valence electrons. The number of nitrogens with one attached hydrogen (secondary N) is 1. The van der Waals surface area contributed by atoms with Crippen molar-refractivity contribution in [3.8, 4) is 0 Å². The number of nitrogens with zero attached hydrogens (tertiary/aromatic N) is 3. The predicted octanol–water partition coefficient (Wildman–Crippen LogP) is 4.41. The third kappa shape index (κ3) is 5.00. The smallest absolute Gasteiger partial charge is 0.331 e. The molecule has 4 rings (SSSR count). The summed E-state index contributed by atoms with van der Waals surface area (Å²) in [5.41, 5.74) is 3.97. The molecule has 2 aromatic carbocycles. The summed E-state index contributed by atoms with van der Waals surface area (Å²) in [7, 11) is 0. The summed E-state index contributed by atoms with van der Waals surface area (Å²) >= 11 is 3.04. The highest BCUT2D eigenvalue weighted by Crippen LogP contribution is 2.34. The molecule has 12 heteroatoms. The number of hydrogen-bond acceptors (Lipinski definition) is 4. The molecule has 1 aliphatic heterocycles. The second-order valence-corrected chi connectivity index (χ2v) is 9.28. The average molecular weight is 568 g/mol. The fourth-order valence-corrected chi connectivity index (χ4v) is 4.93. The number of aromatic nitrogens is 2. The molecule has 0 radical (unpaired) electrons. The van der Waals surface area contributed by atoms with Gasteiger partial charge in [-0.1, -0.05) is 31.2 Å². The predicted molar refractivity (Wildman–Crippen MR) is 126 cm³/mol. The summed E-state index contributed by atoms with van der Waals surface area (Å²) < 4.78 is 55.5. The number of carbonyl (C=O) groups excluding carboxylic acids is 2. The van der Waals surface area contributed by atoms with Crippen LogP contribution in [0.15, 0.2) is 47.1 Å². The molecule has 0 spiro atoms. The van der Waals surface area contributed by atoms with E-state index in [1.165, 1.54) is 17.0 Å². The highest BCUT2D eigenvalue weighted by atomic mass is 79.9. The first kappa shape index (κ1) is 25.8. The highest BCUT2D eigenvalue weighted by molar-refractivity contribution is 9.10. The van der Waals surface area contributed by atoms with Gasteiger partial charge in [-0.05, 0) is 57.6 Å². The van der Waals surface area contributed by atoms with Crippen molar-refractivity contribution in [3.63, 3.8) is 0 Å². The van der Waals surface area contributed by atoms with Crippen LogP contribution < -0.4 is 11.3 Å². The third-order valence-electron chi connectivity index (χ3n) is 6.17. The Kier molecular flexibility index (Phi) is 7.19. The second kappa shape index (κ2) is 10.0. The lowest BCUT2D eigenvalue weighted by Crippen LogP contribution is -2.39. The molecule has 1 atom stereocenters. The molecule has 3 aromatic rings. The van der Waals surface area contributed by atoms with Crippen molar-refractivity contribution in [2.24, 2.45) is 5.84 Å². The number of imidazole rings is 1. The van der Waals surface area contributed by atoms with Gasteiger partial charge in [0.25, 0.3) is 11.8 Å². The molecule has 1 aliphatic rings. The molecule has 1 aromatic heterocycles. The number of amides is 2. The zero-order valence-corrected chi connectivity index (χ0v) is 20.7. The molecule has 2 heterocycles. The van der Waals surface area contributed by atoms with Gasteiger partial charge in [0, 0.05) is 18.7 Å². The number of hydrazine groups is 1. The van der Waals surface area contributed by atoms with Crippen molar-refractivity contribution in [3.05, 3.63) is 86.7 Å². The Labute approximate surface area is 212 Å². The molecular weight excluding hydrogens is 546 g/mol. The van der Waals surface area contributed by atoms with Gasteiger partial charge in [-0.25, -0.2) is 15.2 Å². The molecule has 7 nitrogen and oxygen atoms in total. The third-order valence-corrected chi connectivity index (χ3v) is 6.80. The summed E-state index contributed by atoms with van der Waals surface area (Å²) in [6, 6.07) is 11.2. The van der Waals surface area contributed by atoms with Crippen LogP contribution in [-0.4, -0.2) is 32.8 Å². The van der Waals surface area contributed by atoms with Crippen LogP contribution in [0.2, 0.25) is 0 Å². The fourth-order valence-electron chi connectivity index (χ4n) is 4.43. The molecule has 0 saturated carbocycles. The maximum Gasteiger partial charge on any atom is 0.449 e. The van der Waals surface area contributed by atoms with E-state index in [0.717, 1.165) is 10.1 Å². The number of carbonyl (C=O) groups is 2. The van der Waals surface area contributed by atoms with Crippen LogP contribution in [0.25, 0.3) is 0 Å². The summed E-state index contributed by atoms with van der Waals surface area (Å²) in [5.74, 6) is 2.29. The molecule has 2 amide bonds. The first-order valence-corrected chi connectivity index (χ1v) is 11.8. The zero-order valence-electron chi connectivity index (χ0n) is 19.1. The van der Waals surface area contributed by atoms with Crippen molar-refractivity contribution >= 4 is 27.7 Å². The van der Waals surface area contributed by atoms with Gasteiger partial charge in [0.2, 0.25) is 5.82 Å². The van der Waals surface area contributed by atoms with E-state index >= 15 is 0 Å². The average Bonchev–Trinajstić information content (AvgIpc) is 3.20. The quantitative estimate of drug-likeness (QED) is 0.207. The molecule has 3 N–H and O–H groups in total. The molecule has 36 heavy (non-hydrogen) atoms. The maximum atomic E-state index is 14.7. The van der Waals surface area contributed by atoms with Crippen LogP contribution in [0.1, 0.15) is 56.2 Å². The fraction of sp³-hybridized carbons (Fsp3) is 0.292. The van der Waals surface area contributed by atoms with Crippen molar-refractivity contribution < 1.29 is 27.2 Å². The summed E-state index contributed by atoms with van der Waals surface area (Å²) in [6.45, 7) is 1.60. The minimum atomic E-state index is -4.63. The van der Waals surface area contributed by atoms with Gasteiger partial charge in [0.15, 0.2) is 0 Å². The molecular formula is C24H22BrF4N5O2. The number of rotatable bonds is 5. The van der Waals surface area contributed by atoms with E-state index in [-0.39, 0.29) is 41.4 Å². The molecule has 1 unspecified atom stereocenters. The lowest BCUT2D eigenvalue weighted by Gasteiger charge is -2.29. The van der Waals surface area contributed by atoms with Gasteiger partial charge < -0.3 is 9.47 Å². The topological polar surface area (TPSA) is 93.2 Å². The van der Waals surface area contributed by atoms with Gasteiger partial charge in [-0.15, -0.1) is 0 Å². The van der Waals surface area contributed by atoms with Crippen LogP contribution in [0, 0.1) is 5.82 Å². The van der Waals surface area contributed by atoms with E-state index in [9.17, 15) is 27.2 Å². The van der Waals surface area contributed by atoms with E-state index < -0.39 is 29.6 Å². The number of nitrogens with two attached hydrogens (primary N) is 1. The van der Waals surface area contributed by atoms with Crippen LogP contribution in [0.3, 0.4) is 0 Å². The summed E-state index contributed by atoms with van der Waals surface area (Å²) in [4.78, 5) is 30.2. The summed E-state index contributed by atoms with van der Waals surface area (Å²) in [6.07, 6.45) is -4.23. The zero-order chi connectivity index (χ0) is 26.2. The molecule has 0 saturated heterocycles. The minimum Gasteiger partial charge on any atom is -0.331 e. The van der Waals surface area contributed by atoms with Crippen molar-refractivity contribution in [2.45, 2.75) is 38.5 Å². The molecule has 0 bridgehead atoms. The highest BCUT2D eigenvalue weighted by Gasteiger charge is 2.40. The Hall–Kier alpha value is -3.25. The van der Waals surface area contributed by atoms with Gasteiger partial charge in [-0.2, -0.15) is 13.2 Å². The number of halogens is 5. The number of fused-ring (bicyclic) bond motifs is 1. The second-order valence-electron chi connectivity index (χ2n) is 8.53. The number of nitrogen functional groups attached to an aromatic ring is 1. The van der Waals surface area contributed by atoms with Crippen LogP contribution in [0.4, 0.5) is 17.6 Å². The monoisotopic (exact) mass is 567 g/mol. The van der Waals surface area contributed by atoms with Gasteiger partial charge >= 0.3 is 6.18 Å². The first-order valence-electron chi connectivity index (χ1n) is 11.0. The Morgan fingerprint density at radius 1 is 1.17 bits per heavy atom. The lowest BCUT2D eigenvalue weighted by atomic mass is 9.89. The van der Waals surface area contributed by atoms with E-state index in [1.54, 1.807) is 30.3 Å². The van der Waals surface area contributed by atoms with Gasteiger partial charge in [0.05, 0.1) is 17.8 Å². The van der Waals surface area contributed by atoms with Crippen molar-refractivity contribution in [1.29, 1.82) is 0 Å². The normalized spacial score (nSPS) is 14.4. The van der Waals surface area contributed by atoms with Crippen LogP contribution in [0.5, 0.6) is 0 Å². The Morgan fingerprint density at radius 3 is 2.58 bits per heavy atom. The van der Waals surface area contributed by atoms with E-state index in [2.05, 4.69) is 26.3 Å². The summed E-state index contributed by atoms with van der Waals surface area (Å²) in [5, 5.41) is 0. The number of alkyl halides is 3. The SMILES string of the molecule is CC(Cc1ccc(F)c(C(=O)N2CCn3c(C(F)(F)F)nc(Br)c3C2)c1)c1ccccc1C(=O)NN. The Balaban J connectivity index is 1.56. The minimum absolute atomic E-state index is 0.00412. The van der Waals surface area contributed by atoms with E-state index in [0.29, 0.717) is 17.5 Å². The van der Waals surface area contributed by atoms with Crippen molar-refractivity contribution in [1.82, 2.24) is 19.9 Å². The standard InChI is InChI=1S/C24H22BrF4N5O2/c1-13(15-4-2-3-5-16(15)21(35)32-30)10-14-6-7-18(26)17(11-14)22(36)33-8-9-34-19(12-33)20(25)31-23(34)24(27,28)29/h2-7,11,13H,8-10,12,30H2,1H3,(H,32,35). The number of benzene rings is 2. The first-order chi connectivity index (χ1) is 17.0. The van der Waals surface area contributed by atoms with Gasteiger partial charge in [-0.3, -0.25) is 15.0 Å². The van der Waals surface area contributed by atoms with E-state index in [1.807, 2.05) is 6.92 Å². The number of hydrogen-bond donors (Lipinski definition) is 2. The van der Waals surface area contributed by atoms with E-state index in [4.69, 9.17) is 5.84 Å².